The van der Waals surface area contributed by atoms with Crippen molar-refractivity contribution in [1.82, 2.24) is 0 Å². The quantitative estimate of drug-likeness (QED) is 0.392. The van der Waals surface area contributed by atoms with Crippen molar-refractivity contribution in [2.45, 2.75) is 4.90 Å². The van der Waals surface area contributed by atoms with Crippen LogP contribution >= 0.6 is 0 Å². The zero-order valence-corrected chi connectivity index (χ0v) is 14.5. The van der Waals surface area contributed by atoms with Crippen LogP contribution in [0.3, 0.4) is 0 Å². The topological polar surface area (TPSA) is 72.8 Å². The van der Waals surface area contributed by atoms with Crippen LogP contribution in [0, 0.1) is 0 Å². The maximum atomic E-state index is 12.1. The molecule has 0 aliphatic rings. The minimum atomic E-state index is -3.75. The Morgan fingerprint density at radius 3 is 2.00 bits per heavy atom. The minimum Gasteiger partial charge on any atom is -0.423 e. The number of rotatable bonds is 5. The van der Waals surface area contributed by atoms with E-state index in [0.717, 1.165) is 0 Å². The van der Waals surface area contributed by atoms with Crippen LogP contribution in [0.4, 0.5) is 0 Å². The van der Waals surface area contributed by atoms with Gasteiger partial charge in [0.1, 0.15) is 5.75 Å². The molecule has 0 atom stereocenters. The zero-order valence-electron chi connectivity index (χ0n) is 13.6. The van der Waals surface area contributed by atoms with Crippen molar-refractivity contribution < 1.29 is 17.9 Å². The molecule has 26 heavy (non-hydrogen) atoms. The van der Waals surface area contributed by atoms with Crippen molar-refractivity contribution in [2.24, 2.45) is 4.40 Å². The Labute approximate surface area is 151 Å². The number of nitrogens with zero attached hydrogens (tertiary/aromatic N) is 1. The summed E-state index contributed by atoms with van der Waals surface area (Å²) in [6, 6.07) is 23.0. The zero-order chi connectivity index (χ0) is 18.4. The fourth-order valence-corrected chi connectivity index (χ4v) is 3.03. The summed E-state index contributed by atoms with van der Waals surface area (Å²) in [7, 11) is -3.75. The second kappa shape index (κ2) is 7.76. The van der Waals surface area contributed by atoms with Gasteiger partial charge in [-0.25, -0.2) is 4.79 Å². The molecule has 0 saturated carbocycles. The van der Waals surface area contributed by atoms with Crippen LogP contribution in [0.15, 0.2) is 94.2 Å². The molecule has 0 unspecified atom stereocenters. The molecular weight excluding hydrogens is 350 g/mol. The Hall–Kier alpha value is -3.25. The predicted molar refractivity (Wildman–Crippen MR) is 99.1 cm³/mol. The minimum absolute atomic E-state index is 0.124. The van der Waals surface area contributed by atoms with Gasteiger partial charge >= 0.3 is 5.97 Å². The van der Waals surface area contributed by atoms with E-state index < -0.39 is 16.0 Å². The average molecular weight is 365 g/mol. The van der Waals surface area contributed by atoms with Crippen LogP contribution in [0.1, 0.15) is 15.9 Å². The number of carbonyl (C=O) groups is 1. The molecule has 0 radical (unpaired) electrons. The molecule has 3 aromatic carbocycles. The third-order valence-corrected chi connectivity index (χ3v) is 4.73. The summed E-state index contributed by atoms with van der Waals surface area (Å²) in [4.78, 5) is 12.2. The molecule has 0 fully saturated rings. The van der Waals surface area contributed by atoms with E-state index in [1.165, 1.54) is 18.3 Å². The third-order valence-electron chi connectivity index (χ3n) is 3.48. The largest absolute Gasteiger partial charge is 0.423 e. The van der Waals surface area contributed by atoms with Gasteiger partial charge in [0, 0.05) is 6.21 Å². The summed E-state index contributed by atoms with van der Waals surface area (Å²) in [5.74, 6) is -0.0336. The lowest BCUT2D eigenvalue weighted by Gasteiger charge is -2.04. The summed E-state index contributed by atoms with van der Waals surface area (Å²) < 4.78 is 33.1. The van der Waals surface area contributed by atoms with Gasteiger partial charge in [0.25, 0.3) is 10.0 Å². The molecule has 0 aliphatic carbocycles. The molecule has 0 N–H and O–H groups in total. The van der Waals surface area contributed by atoms with Gasteiger partial charge in [0.15, 0.2) is 0 Å². The molecule has 0 bridgehead atoms. The first-order valence-electron chi connectivity index (χ1n) is 7.77. The van der Waals surface area contributed by atoms with Crippen LogP contribution in [0.2, 0.25) is 0 Å². The Balaban J connectivity index is 1.71. The van der Waals surface area contributed by atoms with Gasteiger partial charge < -0.3 is 4.74 Å². The highest BCUT2D eigenvalue weighted by Gasteiger charge is 2.11. The van der Waals surface area contributed by atoms with Crippen LogP contribution in [0.25, 0.3) is 0 Å². The third kappa shape index (κ3) is 4.43. The maximum absolute atomic E-state index is 12.1. The van der Waals surface area contributed by atoms with Crippen molar-refractivity contribution in [3.63, 3.8) is 0 Å². The summed E-state index contributed by atoms with van der Waals surface area (Å²) in [6.45, 7) is 0. The normalized spacial score (nSPS) is 11.4. The van der Waals surface area contributed by atoms with E-state index in [9.17, 15) is 13.2 Å². The Kier molecular flexibility index (Phi) is 5.24. The van der Waals surface area contributed by atoms with E-state index in [2.05, 4.69) is 4.40 Å². The van der Waals surface area contributed by atoms with E-state index in [1.807, 2.05) is 6.07 Å². The lowest BCUT2D eigenvalue weighted by molar-refractivity contribution is 0.0735. The maximum Gasteiger partial charge on any atom is 0.343 e. The fraction of sp³-hybridized carbons (Fsp3) is 0. The molecule has 0 saturated heterocycles. The number of para-hydroxylation sites is 1. The Morgan fingerprint density at radius 1 is 0.808 bits per heavy atom. The van der Waals surface area contributed by atoms with Crippen LogP contribution < -0.4 is 4.74 Å². The molecule has 6 heteroatoms. The first kappa shape index (κ1) is 17.6. The molecule has 0 heterocycles. The van der Waals surface area contributed by atoms with Gasteiger partial charge in [-0.15, -0.1) is 0 Å². The highest BCUT2D eigenvalue weighted by molar-refractivity contribution is 7.90. The second-order valence-electron chi connectivity index (χ2n) is 5.35. The number of hydrogen-bond acceptors (Lipinski definition) is 4. The summed E-state index contributed by atoms with van der Waals surface area (Å²) in [5, 5.41) is 0. The second-order valence-corrected chi connectivity index (χ2v) is 6.98. The summed E-state index contributed by atoms with van der Waals surface area (Å²) in [6.07, 6.45) is 1.24. The van der Waals surface area contributed by atoms with Gasteiger partial charge in [-0.3, -0.25) is 0 Å². The highest BCUT2D eigenvalue weighted by atomic mass is 32.2. The number of sulfonamides is 1. The van der Waals surface area contributed by atoms with Crippen molar-refractivity contribution in [2.75, 3.05) is 0 Å². The first-order chi connectivity index (χ1) is 12.5. The van der Waals surface area contributed by atoms with Crippen LogP contribution in [-0.4, -0.2) is 20.6 Å². The SMILES string of the molecule is O=C(Oc1ccccc1)c1ccc(/C=N/S(=O)(=O)c2ccccc2)cc1. The predicted octanol–water partition coefficient (Wildman–Crippen LogP) is 3.71. The molecule has 3 rings (SSSR count). The molecule has 0 amide bonds. The Morgan fingerprint density at radius 2 is 1.38 bits per heavy atom. The number of carbonyl (C=O) groups excluding carboxylic acids is 1. The van der Waals surface area contributed by atoms with E-state index >= 15 is 0 Å². The van der Waals surface area contributed by atoms with E-state index in [4.69, 9.17) is 4.74 Å². The van der Waals surface area contributed by atoms with Crippen LogP contribution in [-0.2, 0) is 10.0 Å². The van der Waals surface area contributed by atoms with Gasteiger partial charge in [-0.05, 0) is 42.0 Å². The van der Waals surface area contributed by atoms with Gasteiger partial charge in [0.05, 0.1) is 10.5 Å². The summed E-state index contributed by atoms with van der Waals surface area (Å²) in [5.41, 5.74) is 0.915. The first-order valence-corrected chi connectivity index (χ1v) is 9.21. The lowest BCUT2D eigenvalue weighted by Crippen LogP contribution is -2.08. The fourth-order valence-electron chi connectivity index (χ4n) is 2.14. The average Bonchev–Trinajstić information content (AvgIpc) is 2.68. The van der Waals surface area contributed by atoms with E-state index in [0.29, 0.717) is 16.9 Å². The van der Waals surface area contributed by atoms with Crippen molar-refractivity contribution >= 4 is 22.2 Å². The highest BCUT2D eigenvalue weighted by Crippen LogP contribution is 2.13. The van der Waals surface area contributed by atoms with Crippen molar-refractivity contribution in [3.8, 4) is 5.75 Å². The standard InChI is InChI=1S/C20H15NO4S/c22-20(25-18-7-3-1-4-8-18)17-13-11-16(12-14-17)15-21-26(23,24)19-9-5-2-6-10-19/h1-15H/b21-15+. The molecule has 130 valence electrons. The van der Waals surface area contributed by atoms with Crippen molar-refractivity contribution in [1.29, 1.82) is 0 Å². The molecule has 0 spiro atoms. The number of hydrogen-bond donors (Lipinski definition) is 0. The van der Waals surface area contributed by atoms with Gasteiger partial charge in [0.2, 0.25) is 0 Å². The molecule has 0 aromatic heterocycles. The smallest absolute Gasteiger partial charge is 0.343 e. The molecule has 3 aromatic rings. The van der Waals surface area contributed by atoms with E-state index in [1.54, 1.807) is 66.7 Å². The van der Waals surface area contributed by atoms with Gasteiger partial charge in [-0.2, -0.15) is 12.8 Å². The van der Waals surface area contributed by atoms with E-state index in [-0.39, 0.29) is 4.90 Å². The number of benzene rings is 3. The lowest BCUT2D eigenvalue weighted by atomic mass is 10.1. The van der Waals surface area contributed by atoms with Gasteiger partial charge in [-0.1, -0.05) is 48.5 Å². The monoisotopic (exact) mass is 365 g/mol. The molecular formula is C20H15NO4S. The van der Waals surface area contributed by atoms with Crippen LogP contribution in [0.5, 0.6) is 5.75 Å². The number of ether oxygens (including phenoxy) is 1. The molecule has 5 nitrogen and oxygen atoms in total. The summed E-state index contributed by atoms with van der Waals surface area (Å²) >= 11 is 0. The number of esters is 1. The van der Waals surface area contributed by atoms with Crippen molar-refractivity contribution in [3.05, 3.63) is 96.1 Å². The molecule has 0 aliphatic heterocycles. The Bertz CT molecular complexity index is 1010.